The van der Waals surface area contributed by atoms with E-state index in [-0.39, 0.29) is 16.1 Å². The first-order chi connectivity index (χ1) is 10.8. The first-order valence-corrected chi connectivity index (χ1v) is 12.1. The second-order valence-corrected chi connectivity index (χ2v) is 16.5. The highest BCUT2D eigenvalue weighted by Crippen LogP contribution is 2.61. The van der Waals surface area contributed by atoms with E-state index in [0.717, 1.165) is 0 Å². The molecule has 5 heteroatoms. The minimum Gasteiger partial charge on any atom is -0.285 e. The van der Waals surface area contributed by atoms with Gasteiger partial charge in [-0.2, -0.15) is 8.42 Å². The van der Waals surface area contributed by atoms with Crippen molar-refractivity contribution in [3.8, 4) is 0 Å². The molecule has 0 spiro atoms. The molecule has 0 aliphatic carbocycles. The van der Waals surface area contributed by atoms with Crippen LogP contribution in [0.1, 0.15) is 54.0 Å². The van der Waals surface area contributed by atoms with E-state index >= 15 is 0 Å². The van der Waals surface area contributed by atoms with Crippen molar-refractivity contribution in [2.75, 3.05) is 0 Å². The molecule has 1 aromatic carbocycles. The quantitative estimate of drug-likeness (QED) is 0.406. The van der Waals surface area contributed by atoms with Gasteiger partial charge in [-0.1, -0.05) is 84.9 Å². The second kappa shape index (κ2) is 6.77. The highest BCUT2D eigenvalue weighted by atomic mass is 32.2. The Morgan fingerprint density at radius 3 is 1.71 bits per heavy atom. The van der Waals surface area contributed by atoms with E-state index in [0.29, 0.717) is 5.56 Å². The number of rotatable bonds is 6. The third-order valence-electron chi connectivity index (χ3n) is 5.57. The van der Waals surface area contributed by atoms with Gasteiger partial charge in [-0.25, -0.2) is 0 Å². The van der Waals surface area contributed by atoms with Crippen molar-refractivity contribution in [1.82, 2.24) is 0 Å². The van der Waals surface area contributed by atoms with Crippen LogP contribution >= 0.6 is 0 Å². The van der Waals surface area contributed by atoms with Crippen LogP contribution in [0.5, 0.6) is 0 Å². The van der Waals surface area contributed by atoms with Crippen LogP contribution in [0.2, 0.25) is 16.1 Å². The molecule has 1 atom stereocenters. The Hall–Kier alpha value is -0.913. The number of hydrogen-bond acceptors (Lipinski definition) is 2. The van der Waals surface area contributed by atoms with Gasteiger partial charge in [0.15, 0.2) is 0 Å². The summed E-state index contributed by atoms with van der Waals surface area (Å²) < 4.78 is 34.9. The van der Waals surface area contributed by atoms with Gasteiger partial charge in [-0.15, -0.1) is 6.58 Å². The summed E-state index contributed by atoms with van der Waals surface area (Å²) in [7, 11) is -7.18. The zero-order valence-corrected chi connectivity index (χ0v) is 17.8. The summed E-state index contributed by atoms with van der Waals surface area (Å²) in [6, 6.07) is 9.09. The number of hydrogen-bond donors (Lipinski definition) is 1. The molecule has 0 radical (unpaired) electrons. The largest absolute Gasteiger partial charge is 0.285 e. The molecule has 3 nitrogen and oxygen atoms in total. The van der Waals surface area contributed by atoms with Crippen LogP contribution in [0.15, 0.2) is 43.0 Å². The van der Waals surface area contributed by atoms with Crippen molar-refractivity contribution in [2.45, 2.75) is 69.0 Å². The predicted molar refractivity (Wildman–Crippen MR) is 106 cm³/mol. The molecule has 0 aliphatic rings. The topological polar surface area (TPSA) is 54.4 Å². The molecule has 0 saturated heterocycles. The Bertz CT molecular complexity index is 664. The fourth-order valence-electron chi connectivity index (χ4n) is 5.49. The molecule has 0 fully saturated rings. The molecule has 0 aliphatic heterocycles. The van der Waals surface area contributed by atoms with E-state index in [1.54, 1.807) is 12.1 Å². The predicted octanol–water partition coefficient (Wildman–Crippen LogP) is 5.56. The van der Waals surface area contributed by atoms with Gasteiger partial charge < -0.3 is 0 Å². The lowest BCUT2D eigenvalue weighted by Crippen LogP contribution is -2.67. The zero-order chi connectivity index (χ0) is 19.0. The molecule has 0 saturated carbocycles. The first kappa shape index (κ1) is 21.1. The lowest BCUT2D eigenvalue weighted by atomic mass is 10.1. The van der Waals surface area contributed by atoms with Crippen LogP contribution in [-0.4, -0.2) is 21.0 Å². The molecule has 1 aromatic rings. The van der Waals surface area contributed by atoms with Gasteiger partial charge in [0.05, 0.1) is 0 Å². The van der Waals surface area contributed by atoms with Gasteiger partial charge in [0.2, 0.25) is 0 Å². The van der Waals surface area contributed by atoms with Crippen LogP contribution < -0.4 is 0 Å². The molecular weight excluding hydrogens is 336 g/mol. The molecule has 1 unspecified atom stereocenters. The average Bonchev–Trinajstić information content (AvgIpc) is 2.41. The maximum absolute atomic E-state index is 12.9. The summed E-state index contributed by atoms with van der Waals surface area (Å²) in [6.45, 7) is 18.6. The lowest BCUT2D eigenvalue weighted by Gasteiger charge is -2.58. The Morgan fingerprint density at radius 1 is 1.04 bits per heavy atom. The molecule has 0 amide bonds. The van der Waals surface area contributed by atoms with Crippen molar-refractivity contribution in [3.05, 3.63) is 48.6 Å². The Labute approximate surface area is 148 Å². The monoisotopic (exact) mass is 368 g/mol. The molecular formula is C19H32O3SSi. The fraction of sp³-hybridized carbons (Fsp3) is 0.579. The van der Waals surface area contributed by atoms with Crippen molar-refractivity contribution >= 4 is 18.2 Å². The van der Waals surface area contributed by atoms with E-state index in [1.165, 1.54) is 6.08 Å². The van der Waals surface area contributed by atoms with Crippen LogP contribution in [-0.2, 0) is 14.5 Å². The maximum atomic E-state index is 12.9. The Morgan fingerprint density at radius 2 is 1.46 bits per heavy atom. The van der Waals surface area contributed by atoms with Crippen molar-refractivity contribution in [1.29, 1.82) is 0 Å². The molecule has 136 valence electrons. The smallest absolute Gasteiger partial charge is 0.275 e. The minimum atomic E-state index is -4.42. The van der Waals surface area contributed by atoms with Crippen molar-refractivity contribution < 1.29 is 13.0 Å². The fourth-order valence-corrected chi connectivity index (χ4v) is 18.8. The third kappa shape index (κ3) is 2.80. The van der Waals surface area contributed by atoms with E-state index in [9.17, 15) is 13.0 Å². The molecule has 0 bridgehead atoms. The normalized spacial score (nSPS) is 16.2. The first-order valence-electron chi connectivity index (χ1n) is 8.46. The average molecular weight is 369 g/mol. The molecule has 0 aromatic heterocycles. The van der Waals surface area contributed by atoms with Crippen molar-refractivity contribution in [2.24, 2.45) is 0 Å². The summed E-state index contributed by atoms with van der Waals surface area (Å²) in [6.07, 6.45) is 1.50. The van der Waals surface area contributed by atoms with E-state index in [1.807, 2.05) is 18.2 Å². The van der Waals surface area contributed by atoms with Gasteiger partial charge >= 0.3 is 0 Å². The van der Waals surface area contributed by atoms with Crippen molar-refractivity contribution in [3.63, 3.8) is 0 Å². The zero-order valence-electron chi connectivity index (χ0n) is 16.0. The van der Waals surface area contributed by atoms with Gasteiger partial charge in [0.25, 0.3) is 10.1 Å². The molecule has 1 rings (SSSR count). The van der Waals surface area contributed by atoms with Crippen LogP contribution in [0, 0.1) is 0 Å². The highest BCUT2D eigenvalue weighted by Gasteiger charge is 2.67. The lowest BCUT2D eigenvalue weighted by molar-refractivity contribution is 0.460. The van der Waals surface area contributed by atoms with Gasteiger partial charge in [0, 0.05) is 0 Å². The Kier molecular flexibility index (Phi) is 5.96. The summed E-state index contributed by atoms with van der Waals surface area (Å²) in [5, 5.41) is -0.269. The third-order valence-corrected chi connectivity index (χ3v) is 16.4. The van der Waals surface area contributed by atoms with Gasteiger partial charge in [0.1, 0.15) is 12.4 Å². The number of benzene rings is 1. The van der Waals surface area contributed by atoms with Gasteiger partial charge in [-0.05, 0) is 21.7 Å². The van der Waals surface area contributed by atoms with Gasteiger partial charge in [-0.3, -0.25) is 4.55 Å². The standard InChI is InChI=1S/C19H32O3SSi/c1-9-19(23(20,21)22,17-13-11-10-12-14-17)24(15(2)3,16(4)5)18(6,7)8/h9-16H,1H2,2-8H3,(H,20,21,22). The van der Waals surface area contributed by atoms with Crippen LogP contribution in [0.25, 0.3) is 0 Å². The molecule has 0 heterocycles. The van der Waals surface area contributed by atoms with E-state index in [2.05, 4.69) is 55.0 Å². The van der Waals surface area contributed by atoms with E-state index < -0.39 is 22.6 Å². The second-order valence-electron chi connectivity index (χ2n) is 8.21. The van der Waals surface area contributed by atoms with Crippen LogP contribution in [0.4, 0.5) is 0 Å². The summed E-state index contributed by atoms with van der Waals surface area (Å²) in [5.41, 5.74) is 0.863. The summed E-state index contributed by atoms with van der Waals surface area (Å²) in [4.78, 5) is 0. The maximum Gasteiger partial charge on any atom is 0.275 e. The Balaban J connectivity index is 4.18. The SMILES string of the molecule is C=CC(c1ccccc1)([Si](C(C)C)(C(C)C)C(C)(C)C)S(=O)(=O)O. The molecule has 24 heavy (non-hydrogen) atoms. The summed E-state index contributed by atoms with van der Waals surface area (Å²) >= 11 is 0. The molecule has 1 N–H and O–H groups in total. The van der Waals surface area contributed by atoms with E-state index in [4.69, 9.17) is 0 Å². The van der Waals surface area contributed by atoms with Crippen LogP contribution in [0.3, 0.4) is 0 Å². The summed E-state index contributed by atoms with van der Waals surface area (Å²) in [5.74, 6) is 0. The highest BCUT2D eigenvalue weighted by molar-refractivity contribution is 7.89. The minimum absolute atomic E-state index is 0.123.